The van der Waals surface area contributed by atoms with Gasteiger partial charge in [0.2, 0.25) is 0 Å². The van der Waals surface area contributed by atoms with Gasteiger partial charge in [0.25, 0.3) is 0 Å². The van der Waals surface area contributed by atoms with Crippen LogP contribution in [0, 0.1) is 0 Å². The predicted octanol–water partition coefficient (Wildman–Crippen LogP) is 14.2. The van der Waals surface area contributed by atoms with Gasteiger partial charge in [-0.25, -0.2) is 0 Å². The molecule has 0 aromatic heterocycles. The Morgan fingerprint density at radius 3 is 1.81 bits per heavy atom. The van der Waals surface area contributed by atoms with Crippen molar-refractivity contribution in [3.8, 4) is 33.4 Å². The number of allylic oxidation sites excluding steroid dienone is 4. The molecule has 0 fully saturated rings. The molecule has 0 bridgehead atoms. The topological polar surface area (TPSA) is 0 Å². The van der Waals surface area contributed by atoms with Crippen molar-refractivity contribution in [3.63, 3.8) is 0 Å². The Bertz CT molecular complexity index is 2180. The summed E-state index contributed by atoms with van der Waals surface area (Å²) >= 11 is -2.82. The zero-order valence-electron chi connectivity index (χ0n) is 34.0. The average Bonchev–Trinajstić information content (AvgIpc) is 3.83. The van der Waals surface area contributed by atoms with Gasteiger partial charge in [0, 0.05) is 0 Å². The molecule has 0 atom stereocenters. The normalized spacial score (nSPS) is 14.2. The molecule has 7 rings (SSSR count). The van der Waals surface area contributed by atoms with Gasteiger partial charge in [-0.05, 0) is 0 Å². The van der Waals surface area contributed by atoms with Gasteiger partial charge in [0.05, 0.1) is 0 Å². The van der Waals surface area contributed by atoms with Crippen molar-refractivity contribution in [2.75, 3.05) is 0 Å². The van der Waals surface area contributed by atoms with Crippen LogP contribution in [0.25, 0.3) is 33.4 Å². The molecule has 0 radical (unpaired) electrons. The van der Waals surface area contributed by atoms with Gasteiger partial charge in [0.15, 0.2) is 0 Å². The molecule has 0 saturated carbocycles. The Balaban J connectivity index is 1.57. The van der Waals surface area contributed by atoms with Crippen molar-refractivity contribution in [2.45, 2.75) is 117 Å². The summed E-state index contributed by atoms with van der Waals surface area (Å²) in [5.74, 6) is 0. The standard InChI is InChI=1S/C33H33.C15H22.C5H5.Zr/c1-32(2,3)30-20-26-24(18-28(30)22-13-9-7-10-14-22)17-25-19-29(23-15-11-8-12-16-23)31(21-27(25)26)33(4,5)6;1-2-3-4-5-6-7-9-12-15-13-10-8-11-14-15;1-2-4-5-3-1;/h7-16,18,20-21H,17H2,1-6H3;8,10-11,13-14H,2-7,9H2,1H3;1-3H,4H2;. The van der Waals surface area contributed by atoms with Crippen LogP contribution in [0.4, 0.5) is 0 Å². The maximum absolute atomic E-state index is 2.82. The van der Waals surface area contributed by atoms with E-state index in [1.165, 1.54) is 101 Å². The van der Waals surface area contributed by atoms with E-state index in [2.05, 4.69) is 176 Å². The monoisotopic (exact) mass is 786 g/mol. The summed E-state index contributed by atoms with van der Waals surface area (Å²) in [6, 6.07) is 42.0. The number of benzene rings is 5. The van der Waals surface area contributed by atoms with Crippen LogP contribution in [-0.2, 0) is 38.5 Å². The SMILES string of the molecule is CCCCCCCC/[C](c1ccccc1)=[Zr](/[C]1=CC=CC1)[c]1c2c(cc(C(C)(C)C)c1-c1ccccc1)-c1cc(C(C)(C)C)c(-c3ccccc3)cc1C2. The van der Waals surface area contributed by atoms with Crippen LogP contribution in [0.2, 0.25) is 0 Å². The van der Waals surface area contributed by atoms with Crippen molar-refractivity contribution >= 4 is 6.48 Å². The van der Waals surface area contributed by atoms with E-state index in [4.69, 9.17) is 0 Å². The van der Waals surface area contributed by atoms with E-state index in [0.29, 0.717) is 0 Å². The maximum atomic E-state index is 2.64. The van der Waals surface area contributed by atoms with Crippen LogP contribution in [0.15, 0.2) is 131 Å². The molecule has 0 heterocycles. The molecule has 54 heavy (non-hydrogen) atoms. The molecule has 0 nitrogen and oxygen atoms in total. The minimum atomic E-state index is -2.82. The van der Waals surface area contributed by atoms with E-state index in [1.807, 2.05) is 0 Å². The van der Waals surface area contributed by atoms with Crippen LogP contribution in [0.1, 0.15) is 128 Å². The van der Waals surface area contributed by atoms with Crippen LogP contribution in [0.5, 0.6) is 0 Å². The molecule has 2 aliphatic rings. The Morgan fingerprint density at radius 2 is 1.20 bits per heavy atom. The second kappa shape index (κ2) is 16.6. The quantitative estimate of drug-likeness (QED) is 0.108. The van der Waals surface area contributed by atoms with Gasteiger partial charge in [-0.1, -0.05) is 0 Å². The summed E-state index contributed by atoms with van der Waals surface area (Å²) in [4.78, 5) is 0. The fourth-order valence-corrected chi connectivity index (χ4v) is 17.6. The first-order valence-electron chi connectivity index (χ1n) is 20.7. The van der Waals surface area contributed by atoms with Gasteiger partial charge in [-0.15, -0.1) is 0 Å². The number of rotatable bonds is 12. The Kier molecular flexibility index (Phi) is 11.9. The second-order valence-corrected chi connectivity index (χ2v) is 23.9. The average molecular weight is 788 g/mol. The van der Waals surface area contributed by atoms with Crippen LogP contribution >= 0.6 is 0 Å². The van der Waals surface area contributed by atoms with Crippen molar-refractivity contribution in [1.29, 1.82) is 0 Å². The van der Waals surface area contributed by atoms with Crippen molar-refractivity contribution in [1.82, 2.24) is 0 Å². The van der Waals surface area contributed by atoms with Gasteiger partial charge in [-0.3, -0.25) is 0 Å². The van der Waals surface area contributed by atoms with E-state index in [0.717, 1.165) is 12.8 Å². The predicted molar refractivity (Wildman–Crippen MR) is 233 cm³/mol. The van der Waals surface area contributed by atoms with Crippen LogP contribution < -0.4 is 3.27 Å². The van der Waals surface area contributed by atoms with Crippen molar-refractivity contribution in [2.24, 2.45) is 0 Å². The molecule has 0 saturated heterocycles. The molecule has 5 aromatic carbocycles. The summed E-state index contributed by atoms with van der Waals surface area (Å²) < 4.78 is 5.25. The van der Waals surface area contributed by atoms with E-state index in [-0.39, 0.29) is 10.8 Å². The third-order valence-corrected chi connectivity index (χ3v) is 19.5. The number of fused-ring (bicyclic) bond motifs is 3. The Morgan fingerprint density at radius 1 is 0.611 bits per heavy atom. The summed E-state index contributed by atoms with van der Waals surface area (Å²) in [5.41, 5.74) is 16.1. The number of hydrogen-bond donors (Lipinski definition) is 0. The van der Waals surface area contributed by atoms with Crippen molar-refractivity contribution in [3.05, 3.63) is 159 Å². The zero-order valence-corrected chi connectivity index (χ0v) is 36.4. The molecule has 0 amide bonds. The van der Waals surface area contributed by atoms with Gasteiger partial charge in [0.1, 0.15) is 0 Å². The fraction of sp³-hybridized carbons (Fsp3) is 0.340. The Hall–Kier alpha value is -3.67. The molecular weight excluding hydrogens is 728 g/mol. The second-order valence-electron chi connectivity index (χ2n) is 17.7. The summed E-state index contributed by atoms with van der Waals surface area (Å²) in [5, 5.41) is 0. The van der Waals surface area contributed by atoms with Gasteiger partial charge >= 0.3 is 337 Å². The molecule has 0 N–H and O–H groups in total. The molecule has 0 aliphatic heterocycles. The van der Waals surface area contributed by atoms with E-state index >= 15 is 0 Å². The van der Waals surface area contributed by atoms with Crippen LogP contribution in [-0.4, -0.2) is 3.21 Å². The zero-order chi connectivity index (χ0) is 37.9. The molecule has 2 aliphatic carbocycles. The number of unbranched alkanes of at least 4 members (excludes halogenated alkanes) is 5. The van der Waals surface area contributed by atoms with Gasteiger partial charge in [-0.2, -0.15) is 0 Å². The summed E-state index contributed by atoms with van der Waals surface area (Å²) in [6.07, 6.45) is 18.5. The Labute approximate surface area is 334 Å². The molecule has 1 heteroatoms. The van der Waals surface area contributed by atoms with Crippen molar-refractivity contribution < 1.29 is 21.3 Å². The molecule has 276 valence electrons. The van der Waals surface area contributed by atoms with E-state index in [9.17, 15) is 0 Å². The molecule has 5 aromatic rings. The fourth-order valence-electron chi connectivity index (χ4n) is 8.90. The molecular formula is C53H60Zr. The third-order valence-electron chi connectivity index (χ3n) is 11.6. The van der Waals surface area contributed by atoms with E-state index in [1.54, 1.807) is 15.3 Å². The molecule has 0 unspecified atom stereocenters. The summed E-state index contributed by atoms with van der Waals surface area (Å²) in [6.45, 7) is 16.8. The molecule has 0 spiro atoms. The number of hydrogen-bond acceptors (Lipinski definition) is 0. The van der Waals surface area contributed by atoms with E-state index < -0.39 is 21.3 Å². The summed E-state index contributed by atoms with van der Waals surface area (Å²) in [7, 11) is 0. The first-order chi connectivity index (χ1) is 26.1. The first-order valence-corrected chi connectivity index (χ1v) is 24.4. The van der Waals surface area contributed by atoms with Crippen LogP contribution in [0.3, 0.4) is 0 Å². The first kappa shape index (κ1) is 38.6. The third kappa shape index (κ3) is 8.14. The van der Waals surface area contributed by atoms with Gasteiger partial charge < -0.3 is 0 Å². The minimum absolute atomic E-state index is 0.00919.